The molecule has 0 radical (unpaired) electrons. The predicted octanol–water partition coefficient (Wildman–Crippen LogP) is 1.92. The Morgan fingerprint density at radius 1 is 1.44 bits per heavy atom. The van der Waals surface area contributed by atoms with E-state index >= 15 is 0 Å². The summed E-state index contributed by atoms with van der Waals surface area (Å²) in [4.78, 5) is 11.1. The molecule has 0 amide bonds. The highest BCUT2D eigenvalue weighted by Gasteiger charge is 2.11. The lowest BCUT2D eigenvalue weighted by molar-refractivity contribution is 0.101. The first kappa shape index (κ1) is 10.5. The van der Waals surface area contributed by atoms with E-state index in [0.29, 0.717) is 5.69 Å². The van der Waals surface area contributed by atoms with Gasteiger partial charge in [-0.15, -0.1) is 5.10 Å². The van der Waals surface area contributed by atoms with E-state index in [9.17, 15) is 9.18 Å². The minimum atomic E-state index is -0.389. The molecular formula is C11H10FN3O. The smallest absolute Gasteiger partial charge is 0.181 e. The van der Waals surface area contributed by atoms with Gasteiger partial charge in [-0.2, -0.15) is 0 Å². The summed E-state index contributed by atoms with van der Waals surface area (Å²) in [7, 11) is 0. The Bertz CT molecular complexity index is 528. The molecule has 0 aliphatic carbocycles. The van der Waals surface area contributed by atoms with Crippen LogP contribution in [0.5, 0.6) is 0 Å². The number of para-hydroxylation sites is 1. The van der Waals surface area contributed by atoms with Crippen LogP contribution in [0, 0.1) is 12.7 Å². The second-order valence-corrected chi connectivity index (χ2v) is 3.51. The summed E-state index contributed by atoms with van der Waals surface area (Å²) in [6, 6.07) is 4.74. The molecule has 0 aliphatic rings. The fraction of sp³-hybridized carbons (Fsp3) is 0.182. The van der Waals surface area contributed by atoms with Crippen molar-refractivity contribution in [3.05, 3.63) is 41.5 Å². The average Bonchev–Trinajstić information content (AvgIpc) is 2.66. The normalized spacial score (nSPS) is 10.4. The van der Waals surface area contributed by atoms with Crippen molar-refractivity contribution in [1.29, 1.82) is 0 Å². The van der Waals surface area contributed by atoms with Gasteiger partial charge in [0, 0.05) is 6.92 Å². The summed E-state index contributed by atoms with van der Waals surface area (Å²) in [6.45, 7) is 3.16. The molecule has 1 heterocycles. The zero-order chi connectivity index (χ0) is 11.7. The number of benzene rings is 1. The minimum absolute atomic E-state index is 0.194. The van der Waals surface area contributed by atoms with E-state index in [1.165, 1.54) is 23.9 Å². The van der Waals surface area contributed by atoms with Crippen LogP contribution in [0.2, 0.25) is 0 Å². The van der Waals surface area contributed by atoms with Crippen LogP contribution in [-0.2, 0) is 0 Å². The fourth-order valence-electron chi connectivity index (χ4n) is 1.45. The van der Waals surface area contributed by atoms with Gasteiger partial charge in [0.15, 0.2) is 5.78 Å². The number of nitrogens with zero attached hydrogens (tertiary/aromatic N) is 3. The van der Waals surface area contributed by atoms with Gasteiger partial charge in [0.2, 0.25) is 0 Å². The zero-order valence-electron chi connectivity index (χ0n) is 8.94. The van der Waals surface area contributed by atoms with E-state index in [-0.39, 0.29) is 17.3 Å². The van der Waals surface area contributed by atoms with Crippen LogP contribution in [0.1, 0.15) is 23.0 Å². The molecule has 0 aliphatic heterocycles. The molecule has 5 heteroatoms. The summed E-state index contributed by atoms with van der Waals surface area (Å²) < 4.78 is 14.9. The number of Topliss-reactive ketones (excluding diaryl/α,β-unsaturated/α-hetero) is 1. The van der Waals surface area contributed by atoms with Crippen LogP contribution in [-0.4, -0.2) is 20.8 Å². The van der Waals surface area contributed by atoms with E-state index < -0.39 is 0 Å². The molecule has 1 aromatic carbocycles. The molecule has 4 nitrogen and oxygen atoms in total. The Labute approximate surface area is 91.7 Å². The molecule has 0 fully saturated rings. The molecule has 0 unspecified atom stereocenters. The van der Waals surface area contributed by atoms with Gasteiger partial charge in [-0.05, 0) is 18.6 Å². The Morgan fingerprint density at radius 2 is 2.19 bits per heavy atom. The van der Waals surface area contributed by atoms with Crippen molar-refractivity contribution in [2.75, 3.05) is 0 Å². The third kappa shape index (κ3) is 1.71. The topological polar surface area (TPSA) is 47.8 Å². The van der Waals surface area contributed by atoms with Crippen molar-refractivity contribution in [2.24, 2.45) is 0 Å². The monoisotopic (exact) mass is 219 g/mol. The summed E-state index contributed by atoms with van der Waals surface area (Å²) in [6.07, 6.45) is 1.42. The maximum atomic E-state index is 13.6. The summed E-state index contributed by atoms with van der Waals surface area (Å²) in [5.41, 5.74) is 1.28. The average molecular weight is 219 g/mol. The molecule has 0 spiro atoms. The van der Waals surface area contributed by atoms with Gasteiger partial charge in [0.25, 0.3) is 0 Å². The number of aryl methyl sites for hydroxylation is 1. The molecule has 0 bridgehead atoms. The van der Waals surface area contributed by atoms with Gasteiger partial charge >= 0.3 is 0 Å². The number of aromatic nitrogens is 3. The third-order valence-corrected chi connectivity index (χ3v) is 2.27. The van der Waals surface area contributed by atoms with Crippen molar-refractivity contribution in [3.63, 3.8) is 0 Å². The molecule has 0 N–H and O–H groups in total. The highest BCUT2D eigenvalue weighted by Crippen LogP contribution is 2.16. The van der Waals surface area contributed by atoms with Gasteiger partial charge in [-0.1, -0.05) is 17.3 Å². The van der Waals surface area contributed by atoms with Crippen LogP contribution in [0.15, 0.2) is 24.4 Å². The second-order valence-electron chi connectivity index (χ2n) is 3.51. The van der Waals surface area contributed by atoms with Crippen molar-refractivity contribution >= 4 is 5.78 Å². The maximum absolute atomic E-state index is 13.6. The molecule has 0 saturated heterocycles. The standard InChI is InChI=1S/C11H10FN3O/c1-7-4-3-5-9(12)11(7)15-6-10(8(2)16)13-14-15/h3-6H,1-2H3. The second kappa shape index (κ2) is 3.84. The number of ketones is 1. The molecule has 2 aromatic rings. The van der Waals surface area contributed by atoms with E-state index in [0.717, 1.165) is 5.56 Å². The van der Waals surface area contributed by atoms with Crippen molar-refractivity contribution < 1.29 is 9.18 Å². The van der Waals surface area contributed by atoms with Crippen molar-refractivity contribution in [2.45, 2.75) is 13.8 Å². The zero-order valence-corrected chi connectivity index (χ0v) is 8.94. The lowest BCUT2D eigenvalue weighted by Gasteiger charge is -2.05. The van der Waals surface area contributed by atoms with E-state index in [2.05, 4.69) is 10.3 Å². The van der Waals surface area contributed by atoms with Crippen LogP contribution in [0.4, 0.5) is 4.39 Å². The molecule has 0 atom stereocenters. The quantitative estimate of drug-likeness (QED) is 0.725. The highest BCUT2D eigenvalue weighted by molar-refractivity contribution is 5.91. The minimum Gasteiger partial charge on any atom is -0.293 e. The van der Waals surface area contributed by atoms with Gasteiger partial charge in [0.1, 0.15) is 17.2 Å². The first-order chi connectivity index (χ1) is 7.59. The summed E-state index contributed by atoms with van der Waals surface area (Å²) in [5.74, 6) is -0.583. The van der Waals surface area contributed by atoms with Crippen molar-refractivity contribution in [1.82, 2.24) is 15.0 Å². The Kier molecular flexibility index (Phi) is 2.52. The Hall–Kier alpha value is -2.04. The SMILES string of the molecule is CC(=O)c1cn(-c2c(C)cccc2F)nn1. The number of halogens is 1. The van der Waals surface area contributed by atoms with Gasteiger partial charge in [-0.25, -0.2) is 9.07 Å². The van der Waals surface area contributed by atoms with E-state index in [1.54, 1.807) is 19.1 Å². The molecule has 1 aromatic heterocycles. The fourth-order valence-corrected chi connectivity index (χ4v) is 1.45. The first-order valence-corrected chi connectivity index (χ1v) is 4.78. The third-order valence-electron chi connectivity index (χ3n) is 2.27. The van der Waals surface area contributed by atoms with Gasteiger partial charge < -0.3 is 0 Å². The largest absolute Gasteiger partial charge is 0.293 e. The lowest BCUT2D eigenvalue weighted by atomic mass is 10.2. The van der Waals surface area contributed by atoms with E-state index in [1.807, 2.05) is 0 Å². The number of carbonyl (C=O) groups is 1. The number of hydrogen-bond acceptors (Lipinski definition) is 3. The number of hydrogen-bond donors (Lipinski definition) is 0. The highest BCUT2D eigenvalue weighted by atomic mass is 19.1. The molecular weight excluding hydrogens is 209 g/mol. The molecule has 82 valence electrons. The Morgan fingerprint density at radius 3 is 2.75 bits per heavy atom. The van der Waals surface area contributed by atoms with Crippen LogP contribution in [0.25, 0.3) is 5.69 Å². The van der Waals surface area contributed by atoms with Gasteiger partial charge in [0.05, 0.1) is 6.20 Å². The maximum Gasteiger partial charge on any atom is 0.181 e. The Balaban J connectivity index is 2.54. The summed E-state index contributed by atoms with van der Waals surface area (Å²) in [5, 5.41) is 7.41. The van der Waals surface area contributed by atoms with Crippen LogP contribution >= 0.6 is 0 Å². The van der Waals surface area contributed by atoms with Crippen LogP contribution in [0.3, 0.4) is 0 Å². The predicted molar refractivity (Wildman–Crippen MR) is 56.1 cm³/mol. The molecule has 2 rings (SSSR count). The molecule has 0 saturated carbocycles. The lowest BCUT2D eigenvalue weighted by Crippen LogP contribution is -2.01. The number of carbonyl (C=O) groups excluding carboxylic acids is 1. The van der Waals surface area contributed by atoms with Gasteiger partial charge in [-0.3, -0.25) is 4.79 Å². The number of rotatable bonds is 2. The summed E-state index contributed by atoms with van der Waals surface area (Å²) >= 11 is 0. The first-order valence-electron chi connectivity index (χ1n) is 4.78. The van der Waals surface area contributed by atoms with E-state index in [4.69, 9.17) is 0 Å². The van der Waals surface area contributed by atoms with Crippen molar-refractivity contribution in [3.8, 4) is 5.69 Å². The molecule has 16 heavy (non-hydrogen) atoms. The van der Waals surface area contributed by atoms with Crippen LogP contribution < -0.4 is 0 Å².